The van der Waals surface area contributed by atoms with Gasteiger partial charge in [-0.15, -0.1) is 0 Å². The fourth-order valence-corrected chi connectivity index (χ4v) is 3.40. The third kappa shape index (κ3) is 1.47. The zero-order chi connectivity index (χ0) is 10.5. The molecule has 4 nitrogen and oxygen atoms in total. The predicted molar refractivity (Wildman–Crippen MR) is 53.9 cm³/mol. The molecule has 1 aromatic carbocycles. The molecule has 0 saturated carbocycles. The molecule has 5 heteroatoms. The van der Waals surface area contributed by atoms with Crippen LogP contribution in [0.25, 0.3) is 0 Å². The smallest absolute Gasteiger partial charge is 0.243 e. The van der Waals surface area contributed by atoms with Gasteiger partial charge in [0.05, 0.1) is 17.1 Å². The van der Waals surface area contributed by atoms with Crippen molar-refractivity contribution in [1.82, 2.24) is 4.31 Å². The largest absolute Gasteiger partial charge is 0.367 e. The standard InChI is InChI=1S/C10H11NO3S/c12-15(13,8-4-2-1-3-5-8)11-6-9-10(7-11)14-9/h1-5,9-10H,6-7H2/t9-,10-/m1/s1. The summed E-state index contributed by atoms with van der Waals surface area (Å²) in [4.78, 5) is 0.367. The van der Waals surface area contributed by atoms with Crippen molar-refractivity contribution in [2.24, 2.45) is 0 Å². The average Bonchev–Trinajstić information content (AvgIpc) is 2.87. The molecule has 2 fully saturated rings. The summed E-state index contributed by atoms with van der Waals surface area (Å²) in [7, 11) is -3.29. The van der Waals surface area contributed by atoms with Gasteiger partial charge in [-0.25, -0.2) is 8.42 Å². The number of hydrogen-bond acceptors (Lipinski definition) is 3. The predicted octanol–water partition coefficient (Wildman–Crippen LogP) is 0.458. The third-order valence-electron chi connectivity index (χ3n) is 2.84. The van der Waals surface area contributed by atoms with Crippen molar-refractivity contribution >= 4 is 10.0 Å². The van der Waals surface area contributed by atoms with Crippen LogP contribution in [0.4, 0.5) is 0 Å². The lowest BCUT2D eigenvalue weighted by atomic mass is 10.4. The minimum Gasteiger partial charge on any atom is -0.367 e. The van der Waals surface area contributed by atoms with Gasteiger partial charge >= 0.3 is 0 Å². The first-order chi connectivity index (χ1) is 7.18. The van der Waals surface area contributed by atoms with E-state index in [4.69, 9.17) is 4.74 Å². The first kappa shape index (κ1) is 9.33. The zero-order valence-electron chi connectivity index (χ0n) is 8.04. The molecule has 2 aliphatic rings. The van der Waals surface area contributed by atoms with E-state index in [1.165, 1.54) is 4.31 Å². The van der Waals surface area contributed by atoms with Crippen molar-refractivity contribution in [3.05, 3.63) is 30.3 Å². The Bertz CT molecular complexity index is 461. The van der Waals surface area contributed by atoms with Crippen molar-refractivity contribution in [3.8, 4) is 0 Å². The van der Waals surface area contributed by atoms with Crippen LogP contribution in [0.15, 0.2) is 35.2 Å². The van der Waals surface area contributed by atoms with Gasteiger partial charge in [-0.1, -0.05) is 18.2 Å². The van der Waals surface area contributed by atoms with E-state index in [0.717, 1.165) is 0 Å². The highest BCUT2D eigenvalue weighted by atomic mass is 32.2. The van der Waals surface area contributed by atoms with Gasteiger partial charge in [0.15, 0.2) is 0 Å². The first-order valence-electron chi connectivity index (χ1n) is 4.88. The maximum Gasteiger partial charge on any atom is 0.243 e. The molecule has 1 aromatic rings. The van der Waals surface area contributed by atoms with Gasteiger partial charge in [0.2, 0.25) is 10.0 Å². The highest BCUT2D eigenvalue weighted by molar-refractivity contribution is 7.89. The van der Waals surface area contributed by atoms with Crippen molar-refractivity contribution in [2.75, 3.05) is 13.1 Å². The molecule has 0 N–H and O–H groups in total. The van der Waals surface area contributed by atoms with Gasteiger partial charge in [0.25, 0.3) is 0 Å². The van der Waals surface area contributed by atoms with Gasteiger partial charge in [-0.2, -0.15) is 4.31 Å². The summed E-state index contributed by atoms with van der Waals surface area (Å²) in [6.07, 6.45) is 0.284. The Balaban J connectivity index is 1.91. The molecule has 0 aliphatic carbocycles. The Morgan fingerprint density at radius 1 is 1.13 bits per heavy atom. The number of morpholine rings is 1. The van der Waals surface area contributed by atoms with E-state index < -0.39 is 10.0 Å². The van der Waals surface area contributed by atoms with Crippen molar-refractivity contribution in [1.29, 1.82) is 0 Å². The first-order valence-corrected chi connectivity index (χ1v) is 6.32. The molecule has 80 valence electrons. The maximum absolute atomic E-state index is 12.1. The van der Waals surface area contributed by atoms with Crippen LogP contribution < -0.4 is 0 Å². The van der Waals surface area contributed by atoms with E-state index in [-0.39, 0.29) is 12.2 Å². The lowest BCUT2D eigenvalue weighted by Gasteiger charge is -2.16. The van der Waals surface area contributed by atoms with Gasteiger partial charge in [-0.3, -0.25) is 0 Å². The molecule has 0 aromatic heterocycles. The lowest BCUT2D eigenvalue weighted by molar-refractivity contribution is 0.272. The molecule has 2 heterocycles. The second-order valence-corrected chi connectivity index (χ2v) is 5.79. The summed E-state index contributed by atoms with van der Waals surface area (Å²) < 4.78 is 30.9. The van der Waals surface area contributed by atoms with Crippen molar-refractivity contribution in [2.45, 2.75) is 17.1 Å². The highest BCUT2D eigenvalue weighted by Gasteiger charge is 2.50. The van der Waals surface area contributed by atoms with Gasteiger partial charge in [0.1, 0.15) is 0 Å². The van der Waals surface area contributed by atoms with Crippen molar-refractivity contribution in [3.63, 3.8) is 0 Å². The van der Waals surface area contributed by atoms with Gasteiger partial charge in [-0.05, 0) is 12.1 Å². The second kappa shape index (κ2) is 3.04. The Morgan fingerprint density at radius 2 is 1.73 bits per heavy atom. The van der Waals surface area contributed by atoms with Crippen LogP contribution in [0.2, 0.25) is 0 Å². The quantitative estimate of drug-likeness (QED) is 0.687. The molecule has 2 aliphatic heterocycles. The summed E-state index contributed by atoms with van der Waals surface area (Å²) >= 11 is 0. The maximum atomic E-state index is 12.1. The Labute approximate surface area is 88.5 Å². The molecule has 0 amide bonds. The topological polar surface area (TPSA) is 49.9 Å². The van der Waals surface area contributed by atoms with Crippen LogP contribution in [0.5, 0.6) is 0 Å². The third-order valence-corrected chi connectivity index (χ3v) is 4.68. The summed E-state index contributed by atoms with van der Waals surface area (Å²) in [5.74, 6) is 0. The SMILES string of the molecule is O=S(=O)(c1ccccc1)N1C[C@H]2O[C@@H]2C1. The van der Waals surface area contributed by atoms with Crippen LogP contribution in [-0.4, -0.2) is 38.0 Å². The summed E-state index contributed by atoms with van der Waals surface area (Å²) in [5.41, 5.74) is 0. The number of epoxide rings is 1. The van der Waals surface area contributed by atoms with Crippen LogP contribution in [-0.2, 0) is 14.8 Å². The van der Waals surface area contributed by atoms with Gasteiger partial charge in [0, 0.05) is 13.1 Å². The molecular formula is C10H11NO3S. The molecule has 3 rings (SSSR count). The fourth-order valence-electron chi connectivity index (χ4n) is 1.91. The number of rotatable bonds is 2. The number of fused-ring (bicyclic) bond motifs is 1. The molecule has 0 bridgehead atoms. The summed E-state index contributed by atoms with van der Waals surface area (Å²) in [6.45, 7) is 1.00. The minimum atomic E-state index is -3.29. The van der Waals surface area contributed by atoms with Gasteiger partial charge < -0.3 is 4.74 Å². The summed E-state index contributed by atoms with van der Waals surface area (Å²) in [6, 6.07) is 8.53. The number of hydrogen-bond donors (Lipinski definition) is 0. The molecule has 15 heavy (non-hydrogen) atoms. The van der Waals surface area contributed by atoms with E-state index in [1.807, 2.05) is 6.07 Å². The van der Waals surface area contributed by atoms with Crippen LogP contribution in [0.1, 0.15) is 0 Å². The Hall–Kier alpha value is -0.910. The number of ether oxygens (including phenoxy) is 1. The molecule has 0 radical (unpaired) electrons. The number of sulfonamides is 1. The fraction of sp³-hybridized carbons (Fsp3) is 0.400. The molecule has 2 atom stereocenters. The zero-order valence-corrected chi connectivity index (χ0v) is 8.85. The Kier molecular flexibility index (Phi) is 1.89. The van der Waals surface area contributed by atoms with E-state index in [2.05, 4.69) is 0 Å². The molecular weight excluding hydrogens is 214 g/mol. The normalized spacial score (nSPS) is 30.1. The van der Waals surface area contributed by atoms with Crippen LogP contribution in [0, 0.1) is 0 Å². The van der Waals surface area contributed by atoms with E-state index >= 15 is 0 Å². The molecule has 0 spiro atoms. The number of benzene rings is 1. The minimum absolute atomic E-state index is 0.142. The average molecular weight is 225 g/mol. The van der Waals surface area contributed by atoms with E-state index in [9.17, 15) is 8.42 Å². The monoisotopic (exact) mass is 225 g/mol. The van der Waals surface area contributed by atoms with E-state index in [0.29, 0.717) is 18.0 Å². The summed E-state index contributed by atoms with van der Waals surface area (Å²) in [5, 5.41) is 0. The lowest BCUT2D eigenvalue weighted by Crippen LogP contribution is -2.31. The molecule has 0 unspecified atom stereocenters. The van der Waals surface area contributed by atoms with E-state index in [1.54, 1.807) is 24.3 Å². The second-order valence-electron chi connectivity index (χ2n) is 3.85. The molecule has 2 saturated heterocycles. The van der Waals surface area contributed by atoms with Crippen molar-refractivity contribution < 1.29 is 13.2 Å². The van der Waals surface area contributed by atoms with Crippen LogP contribution in [0.3, 0.4) is 0 Å². The number of nitrogens with zero attached hydrogens (tertiary/aromatic N) is 1. The Morgan fingerprint density at radius 3 is 2.33 bits per heavy atom. The highest BCUT2D eigenvalue weighted by Crippen LogP contribution is 2.33. The van der Waals surface area contributed by atoms with Crippen LogP contribution >= 0.6 is 0 Å².